The van der Waals surface area contributed by atoms with Crippen molar-refractivity contribution in [2.24, 2.45) is 0 Å². The van der Waals surface area contributed by atoms with Crippen molar-refractivity contribution in [2.45, 2.75) is 12.4 Å². The molecule has 2 amide bonds. The summed E-state index contributed by atoms with van der Waals surface area (Å²) in [4.78, 5) is 28.0. The van der Waals surface area contributed by atoms with Gasteiger partial charge in [-0.25, -0.2) is 0 Å². The van der Waals surface area contributed by atoms with E-state index in [2.05, 4.69) is 10.6 Å². The minimum Gasteiger partial charge on any atom is -0.325 e. The number of nitrogens with one attached hydrogen (secondary N) is 2. The number of carbonyl (C=O) groups is 2. The van der Waals surface area contributed by atoms with Crippen LogP contribution < -0.4 is 10.6 Å². The molecular formula is C22H22F6N4O2. The molecule has 1 fully saturated rings. The maximum absolute atomic E-state index is 13.1. The lowest BCUT2D eigenvalue weighted by Gasteiger charge is -2.33. The SMILES string of the molecule is O=C(CN1CCN(CC(=O)Nc2ccccc2C(F)(F)F)CC1)Nc1ccc(C(F)(F)F)cc1. The van der Waals surface area contributed by atoms with Gasteiger partial charge in [0.25, 0.3) is 0 Å². The van der Waals surface area contributed by atoms with Crippen LogP contribution in [0.3, 0.4) is 0 Å². The number of nitrogens with zero attached hydrogens (tertiary/aromatic N) is 2. The van der Waals surface area contributed by atoms with Crippen LogP contribution in [0.15, 0.2) is 48.5 Å². The molecule has 1 saturated heterocycles. The molecule has 0 saturated carbocycles. The molecule has 0 radical (unpaired) electrons. The molecule has 34 heavy (non-hydrogen) atoms. The molecule has 2 N–H and O–H groups in total. The van der Waals surface area contributed by atoms with Gasteiger partial charge in [0.1, 0.15) is 0 Å². The zero-order valence-electron chi connectivity index (χ0n) is 17.8. The Morgan fingerprint density at radius 1 is 0.706 bits per heavy atom. The zero-order valence-corrected chi connectivity index (χ0v) is 17.8. The van der Waals surface area contributed by atoms with Gasteiger partial charge in [-0.3, -0.25) is 19.4 Å². The smallest absolute Gasteiger partial charge is 0.325 e. The first-order chi connectivity index (χ1) is 15.9. The Balaban J connectivity index is 1.43. The van der Waals surface area contributed by atoms with Gasteiger partial charge in [0.05, 0.1) is 29.9 Å². The van der Waals surface area contributed by atoms with Crippen LogP contribution in [0.25, 0.3) is 0 Å². The topological polar surface area (TPSA) is 64.7 Å². The second-order valence-corrected chi connectivity index (χ2v) is 7.77. The molecule has 1 aliphatic heterocycles. The highest BCUT2D eigenvalue weighted by molar-refractivity contribution is 5.93. The van der Waals surface area contributed by atoms with E-state index in [4.69, 9.17) is 0 Å². The van der Waals surface area contributed by atoms with Gasteiger partial charge in [0, 0.05) is 31.9 Å². The van der Waals surface area contributed by atoms with Crippen molar-refractivity contribution in [3.05, 3.63) is 59.7 Å². The summed E-state index contributed by atoms with van der Waals surface area (Å²) in [6, 6.07) is 8.84. The molecule has 0 atom stereocenters. The lowest BCUT2D eigenvalue weighted by Crippen LogP contribution is -2.50. The van der Waals surface area contributed by atoms with E-state index in [1.54, 1.807) is 4.90 Å². The lowest BCUT2D eigenvalue weighted by atomic mass is 10.1. The number of rotatable bonds is 6. The number of piperazine rings is 1. The molecule has 0 aliphatic carbocycles. The van der Waals surface area contributed by atoms with Crippen LogP contribution in [0.4, 0.5) is 37.7 Å². The molecule has 0 unspecified atom stereocenters. The summed E-state index contributed by atoms with van der Waals surface area (Å²) in [6.07, 6.45) is -9.04. The third-order valence-corrected chi connectivity index (χ3v) is 5.20. The minimum absolute atomic E-state index is 0.0139. The Labute approximate surface area is 191 Å². The first-order valence-electron chi connectivity index (χ1n) is 10.3. The van der Waals surface area contributed by atoms with Crippen molar-refractivity contribution >= 4 is 23.2 Å². The Bertz CT molecular complexity index is 1000. The van der Waals surface area contributed by atoms with E-state index in [1.165, 1.54) is 30.3 Å². The van der Waals surface area contributed by atoms with Crippen molar-refractivity contribution < 1.29 is 35.9 Å². The van der Waals surface area contributed by atoms with Crippen LogP contribution in [-0.2, 0) is 21.9 Å². The molecule has 1 heterocycles. The van der Waals surface area contributed by atoms with E-state index in [0.717, 1.165) is 18.2 Å². The quantitative estimate of drug-likeness (QED) is 0.606. The molecule has 0 spiro atoms. The third kappa shape index (κ3) is 7.19. The molecule has 0 bridgehead atoms. The average Bonchev–Trinajstić information content (AvgIpc) is 2.74. The number of halogens is 6. The van der Waals surface area contributed by atoms with Crippen molar-refractivity contribution in [1.29, 1.82) is 0 Å². The van der Waals surface area contributed by atoms with Crippen LogP contribution in [0.5, 0.6) is 0 Å². The number of hydrogen-bond donors (Lipinski definition) is 2. The Morgan fingerprint density at radius 2 is 1.21 bits per heavy atom. The average molecular weight is 488 g/mol. The molecule has 2 aromatic carbocycles. The van der Waals surface area contributed by atoms with E-state index in [-0.39, 0.29) is 24.5 Å². The summed E-state index contributed by atoms with van der Waals surface area (Å²) in [5, 5.41) is 4.84. The standard InChI is InChI=1S/C22H22F6N4O2/c23-21(24,25)15-5-7-16(8-6-15)29-19(33)13-31-9-11-32(12-10-31)14-20(34)30-18-4-2-1-3-17(18)22(26,27)28/h1-8H,9-14H2,(H,29,33)(H,30,34). The highest BCUT2D eigenvalue weighted by Crippen LogP contribution is 2.34. The zero-order chi connectivity index (χ0) is 24.9. The molecular weight excluding hydrogens is 466 g/mol. The molecule has 0 aromatic heterocycles. The summed E-state index contributed by atoms with van der Waals surface area (Å²) in [5.74, 6) is -0.972. The second kappa shape index (κ2) is 10.4. The van der Waals surface area contributed by atoms with Gasteiger partial charge in [0.15, 0.2) is 0 Å². The van der Waals surface area contributed by atoms with Crippen LogP contribution in [0.2, 0.25) is 0 Å². The molecule has 12 heteroatoms. The second-order valence-electron chi connectivity index (χ2n) is 7.77. The van der Waals surface area contributed by atoms with Crippen molar-refractivity contribution in [3.63, 3.8) is 0 Å². The number of para-hydroxylation sites is 1. The fourth-order valence-electron chi connectivity index (χ4n) is 3.48. The molecule has 184 valence electrons. The summed E-state index contributed by atoms with van der Waals surface area (Å²) in [5.41, 5.74) is -1.80. The van der Waals surface area contributed by atoms with Crippen LogP contribution in [-0.4, -0.2) is 60.9 Å². The van der Waals surface area contributed by atoms with Crippen LogP contribution >= 0.6 is 0 Å². The van der Waals surface area contributed by atoms with Gasteiger partial charge in [-0.15, -0.1) is 0 Å². The third-order valence-electron chi connectivity index (χ3n) is 5.20. The number of amides is 2. The molecule has 3 rings (SSSR count). The first-order valence-corrected chi connectivity index (χ1v) is 10.3. The monoisotopic (exact) mass is 488 g/mol. The summed E-state index contributed by atoms with van der Waals surface area (Å²) in [7, 11) is 0. The van der Waals surface area contributed by atoms with Gasteiger partial charge < -0.3 is 10.6 Å². The van der Waals surface area contributed by atoms with E-state index in [0.29, 0.717) is 26.2 Å². The van der Waals surface area contributed by atoms with Crippen molar-refractivity contribution in [1.82, 2.24) is 9.80 Å². The summed E-state index contributed by atoms with van der Waals surface area (Å²) in [6.45, 7) is 1.63. The molecule has 2 aromatic rings. The largest absolute Gasteiger partial charge is 0.418 e. The fraction of sp³-hybridized carbons (Fsp3) is 0.364. The van der Waals surface area contributed by atoms with Crippen molar-refractivity contribution in [3.8, 4) is 0 Å². The summed E-state index contributed by atoms with van der Waals surface area (Å²) < 4.78 is 77.0. The number of anilines is 2. The van der Waals surface area contributed by atoms with Gasteiger partial charge in [-0.2, -0.15) is 26.3 Å². The highest BCUT2D eigenvalue weighted by atomic mass is 19.4. The van der Waals surface area contributed by atoms with Gasteiger partial charge in [-0.1, -0.05) is 12.1 Å². The predicted molar refractivity (Wildman–Crippen MR) is 113 cm³/mol. The fourth-order valence-corrected chi connectivity index (χ4v) is 3.48. The number of benzene rings is 2. The molecule has 1 aliphatic rings. The number of alkyl halides is 6. The van der Waals surface area contributed by atoms with Crippen LogP contribution in [0.1, 0.15) is 11.1 Å². The van der Waals surface area contributed by atoms with Crippen molar-refractivity contribution in [2.75, 3.05) is 49.9 Å². The van der Waals surface area contributed by atoms with Gasteiger partial charge in [0.2, 0.25) is 11.8 Å². The van der Waals surface area contributed by atoms with Gasteiger partial charge >= 0.3 is 12.4 Å². The van der Waals surface area contributed by atoms with E-state index >= 15 is 0 Å². The number of hydrogen-bond acceptors (Lipinski definition) is 4. The normalized spacial score (nSPS) is 15.7. The number of carbonyl (C=O) groups excluding carboxylic acids is 2. The maximum Gasteiger partial charge on any atom is 0.418 e. The maximum atomic E-state index is 13.1. The van der Waals surface area contributed by atoms with E-state index < -0.39 is 35.3 Å². The van der Waals surface area contributed by atoms with E-state index in [1.807, 2.05) is 4.90 Å². The van der Waals surface area contributed by atoms with Gasteiger partial charge in [-0.05, 0) is 36.4 Å². The first kappa shape index (κ1) is 25.5. The Hall–Kier alpha value is -3.12. The lowest BCUT2D eigenvalue weighted by molar-refractivity contribution is -0.138. The predicted octanol–water partition coefficient (Wildman–Crippen LogP) is 3.92. The highest BCUT2D eigenvalue weighted by Gasteiger charge is 2.34. The summed E-state index contributed by atoms with van der Waals surface area (Å²) >= 11 is 0. The molecule has 6 nitrogen and oxygen atoms in total. The Morgan fingerprint density at radius 3 is 1.71 bits per heavy atom. The van der Waals surface area contributed by atoms with Crippen LogP contribution in [0, 0.1) is 0 Å². The van der Waals surface area contributed by atoms with E-state index in [9.17, 15) is 35.9 Å². The Kier molecular flexibility index (Phi) is 7.82. The minimum atomic E-state index is -4.59.